The largest absolute Gasteiger partial charge is 0.495 e. The molecule has 28 heavy (non-hydrogen) atoms. The molecule has 8 nitrogen and oxygen atoms in total. The second-order valence-electron chi connectivity index (χ2n) is 5.81. The molecule has 0 spiro atoms. The third-order valence-electron chi connectivity index (χ3n) is 3.85. The average Bonchev–Trinajstić information content (AvgIpc) is 2.70. The van der Waals surface area contributed by atoms with Gasteiger partial charge in [0.25, 0.3) is 0 Å². The zero-order chi connectivity index (χ0) is 20.4. The number of ether oxygens (including phenoxy) is 2. The number of para-hydroxylation sites is 2. The van der Waals surface area contributed by atoms with Gasteiger partial charge in [0.1, 0.15) is 5.75 Å². The van der Waals surface area contributed by atoms with E-state index < -0.39 is 11.8 Å². The van der Waals surface area contributed by atoms with E-state index in [-0.39, 0.29) is 6.54 Å². The van der Waals surface area contributed by atoms with Gasteiger partial charge >= 0.3 is 11.8 Å². The lowest BCUT2D eigenvalue weighted by atomic mass is 10.1. The van der Waals surface area contributed by atoms with Crippen LogP contribution in [0.15, 0.2) is 47.6 Å². The molecule has 3 N–H and O–H groups in total. The number of carbonyl (C=O) groups is 2. The van der Waals surface area contributed by atoms with Gasteiger partial charge in [-0.2, -0.15) is 5.10 Å². The topological polar surface area (TPSA) is 101 Å². The number of aryl methyl sites for hydroxylation is 1. The maximum atomic E-state index is 11.8. The number of nitrogens with one attached hydrogen (secondary N) is 3. The Labute approximate surface area is 163 Å². The van der Waals surface area contributed by atoms with Gasteiger partial charge in [0.15, 0.2) is 0 Å². The number of hydrogen-bond donors (Lipinski definition) is 3. The number of anilines is 2. The summed E-state index contributed by atoms with van der Waals surface area (Å²) < 4.78 is 10.2. The number of amides is 2. The SMILES string of the molecule is COCCNC(=O)C(=O)N/N=C\c1cccc(OC)c1Nc1ccccc1C. The number of benzene rings is 2. The van der Waals surface area contributed by atoms with Gasteiger partial charge < -0.3 is 20.1 Å². The van der Waals surface area contributed by atoms with E-state index in [4.69, 9.17) is 9.47 Å². The van der Waals surface area contributed by atoms with Crippen molar-refractivity contribution in [2.24, 2.45) is 5.10 Å². The Hall–Kier alpha value is -3.39. The van der Waals surface area contributed by atoms with Crippen LogP contribution in [0.5, 0.6) is 5.75 Å². The fourth-order valence-electron chi connectivity index (χ4n) is 2.37. The average molecular weight is 384 g/mol. The zero-order valence-electron chi connectivity index (χ0n) is 16.1. The van der Waals surface area contributed by atoms with Crippen LogP contribution in [-0.4, -0.2) is 45.4 Å². The number of hydrogen-bond acceptors (Lipinski definition) is 6. The summed E-state index contributed by atoms with van der Waals surface area (Å²) in [4.78, 5) is 23.4. The van der Waals surface area contributed by atoms with Crippen molar-refractivity contribution in [1.82, 2.24) is 10.7 Å². The Morgan fingerprint density at radius 2 is 1.86 bits per heavy atom. The lowest BCUT2D eigenvalue weighted by Crippen LogP contribution is -2.39. The maximum absolute atomic E-state index is 11.8. The van der Waals surface area contributed by atoms with Crippen LogP contribution in [0.4, 0.5) is 11.4 Å². The van der Waals surface area contributed by atoms with Crippen LogP contribution >= 0.6 is 0 Å². The minimum absolute atomic E-state index is 0.243. The first kappa shape index (κ1) is 20.9. The molecule has 0 saturated carbocycles. The molecule has 2 aromatic rings. The second-order valence-corrected chi connectivity index (χ2v) is 5.81. The van der Waals surface area contributed by atoms with Gasteiger partial charge in [-0.1, -0.05) is 30.3 Å². The number of carbonyl (C=O) groups excluding carboxylic acids is 2. The van der Waals surface area contributed by atoms with Crippen LogP contribution in [0, 0.1) is 6.92 Å². The van der Waals surface area contributed by atoms with E-state index >= 15 is 0 Å². The van der Waals surface area contributed by atoms with E-state index in [1.54, 1.807) is 7.11 Å². The van der Waals surface area contributed by atoms with Gasteiger partial charge in [0.05, 0.1) is 25.6 Å². The maximum Gasteiger partial charge on any atom is 0.329 e. The van der Waals surface area contributed by atoms with Gasteiger partial charge in [0.2, 0.25) is 0 Å². The molecule has 0 bridgehead atoms. The summed E-state index contributed by atoms with van der Waals surface area (Å²) in [6.07, 6.45) is 1.45. The van der Waals surface area contributed by atoms with Gasteiger partial charge in [-0.05, 0) is 24.6 Å². The van der Waals surface area contributed by atoms with Crippen molar-refractivity contribution >= 4 is 29.4 Å². The Balaban J connectivity index is 2.13. The first-order chi connectivity index (χ1) is 13.6. The molecule has 0 saturated heterocycles. The van der Waals surface area contributed by atoms with E-state index in [0.29, 0.717) is 23.6 Å². The number of rotatable bonds is 8. The molecule has 0 unspecified atom stereocenters. The number of methoxy groups -OCH3 is 2. The third-order valence-corrected chi connectivity index (χ3v) is 3.85. The molecule has 0 aliphatic heterocycles. The predicted octanol–water partition coefficient (Wildman–Crippen LogP) is 1.96. The lowest BCUT2D eigenvalue weighted by molar-refractivity contribution is -0.139. The minimum atomic E-state index is -0.858. The van der Waals surface area contributed by atoms with Gasteiger partial charge in [0, 0.05) is 24.9 Å². The Morgan fingerprint density at radius 1 is 1.07 bits per heavy atom. The van der Waals surface area contributed by atoms with E-state index in [0.717, 1.165) is 11.3 Å². The fraction of sp³-hybridized carbons (Fsp3) is 0.250. The fourth-order valence-corrected chi connectivity index (χ4v) is 2.37. The molecule has 0 fully saturated rings. The first-order valence-electron chi connectivity index (χ1n) is 8.66. The highest BCUT2D eigenvalue weighted by Gasteiger charge is 2.12. The van der Waals surface area contributed by atoms with Crippen LogP contribution in [0.25, 0.3) is 0 Å². The molecule has 0 atom stereocenters. The zero-order valence-corrected chi connectivity index (χ0v) is 16.1. The summed E-state index contributed by atoms with van der Waals surface area (Å²) in [6.45, 7) is 2.56. The summed E-state index contributed by atoms with van der Waals surface area (Å²) in [5.74, 6) is -1.02. The normalized spacial score (nSPS) is 10.5. The highest BCUT2D eigenvalue weighted by molar-refractivity contribution is 6.35. The molecule has 0 aliphatic carbocycles. The number of hydrazone groups is 1. The molecule has 0 aromatic heterocycles. The van der Waals surface area contributed by atoms with E-state index in [9.17, 15) is 9.59 Å². The van der Waals surface area contributed by atoms with Crippen molar-refractivity contribution in [1.29, 1.82) is 0 Å². The molecule has 2 rings (SSSR count). The van der Waals surface area contributed by atoms with Crippen molar-refractivity contribution in [3.63, 3.8) is 0 Å². The molecule has 2 aromatic carbocycles. The lowest BCUT2D eigenvalue weighted by Gasteiger charge is -2.15. The van der Waals surface area contributed by atoms with Crippen molar-refractivity contribution in [2.45, 2.75) is 6.92 Å². The van der Waals surface area contributed by atoms with Crippen LogP contribution in [0.1, 0.15) is 11.1 Å². The summed E-state index contributed by atoms with van der Waals surface area (Å²) >= 11 is 0. The van der Waals surface area contributed by atoms with Gasteiger partial charge in [-0.25, -0.2) is 5.43 Å². The van der Waals surface area contributed by atoms with Crippen molar-refractivity contribution < 1.29 is 19.1 Å². The van der Waals surface area contributed by atoms with Crippen LogP contribution in [0.3, 0.4) is 0 Å². The molecule has 2 amide bonds. The summed E-state index contributed by atoms with van der Waals surface area (Å²) in [5, 5.41) is 9.63. The van der Waals surface area contributed by atoms with Gasteiger partial charge in [-0.15, -0.1) is 0 Å². The highest BCUT2D eigenvalue weighted by Crippen LogP contribution is 2.31. The Kier molecular flexibility index (Phi) is 7.98. The molecular formula is C20H24N4O4. The Morgan fingerprint density at radius 3 is 2.57 bits per heavy atom. The second kappa shape index (κ2) is 10.7. The molecular weight excluding hydrogens is 360 g/mol. The van der Waals surface area contributed by atoms with Crippen molar-refractivity contribution in [3.05, 3.63) is 53.6 Å². The quantitative estimate of drug-likeness (QED) is 0.280. The summed E-state index contributed by atoms with van der Waals surface area (Å²) in [6, 6.07) is 13.3. The molecule has 148 valence electrons. The number of nitrogens with zero attached hydrogens (tertiary/aromatic N) is 1. The molecule has 0 aliphatic rings. The standard InChI is InChI=1S/C20H24N4O4/c1-14-7-4-5-9-16(14)23-18-15(8-6-10-17(18)28-3)13-22-24-20(26)19(25)21-11-12-27-2/h4-10,13,23H,11-12H2,1-3H3,(H,21,25)(H,24,26)/b22-13-. The highest BCUT2D eigenvalue weighted by atomic mass is 16.5. The first-order valence-corrected chi connectivity index (χ1v) is 8.66. The van der Waals surface area contributed by atoms with E-state index in [1.165, 1.54) is 13.3 Å². The van der Waals surface area contributed by atoms with Crippen molar-refractivity contribution in [3.8, 4) is 5.75 Å². The van der Waals surface area contributed by atoms with Crippen LogP contribution in [0.2, 0.25) is 0 Å². The minimum Gasteiger partial charge on any atom is -0.495 e. The van der Waals surface area contributed by atoms with E-state index in [1.807, 2.05) is 49.4 Å². The van der Waals surface area contributed by atoms with Crippen molar-refractivity contribution in [2.75, 3.05) is 32.7 Å². The third kappa shape index (κ3) is 5.82. The van der Waals surface area contributed by atoms with Gasteiger partial charge in [-0.3, -0.25) is 9.59 Å². The molecule has 8 heteroatoms. The van der Waals surface area contributed by atoms with Crippen LogP contribution < -0.4 is 20.8 Å². The predicted molar refractivity (Wildman–Crippen MR) is 108 cm³/mol. The summed E-state index contributed by atoms with van der Waals surface area (Å²) in [5.41, 5.74) is 5.57. The smallest absolute Gasteiger partial charge is 0.329 e. The van der Waals surface area contributed by atoms with E-state index in [2.05, 4.69) is 21.2 Å². The Bertz CT molecular complexity index is 852. The molecule has 0 heterocycles. The van der Waals surface area contributed by atoms with Crippen LogP contribution in [-0.2, 0) is 14.3 Å². The molecule has 0 radical (unpaired) electrons. The monoisotopic (exact) mass is 384 g/mol. The summed E-state index contributed by atoms with van der Waals surface area (Å²) in [7, 11) is 3.08.